The average molecular weight is 283 g/mol. The predicted octanol–water partition coefficient (Wildman–Crippen LogP) is 3.38. The van der Waals surface area contributed by atoms with Gasteiger partial charge in [-0.25, -0.2) is 4.39 Å². The van der Waals surface area contributed by atoms with Crippen LogP contribution >= 0.6 is 0 Å². The number of anilines is 2. The molecule has 21 heavy (non-hydrogen) atoms. The highest BCUT2D eigenvalue weighted by Gasteiger charge is 2.14. The minimum Gasteiger partial charge on any atom is -0.382 e. The second kappa shape index (κ2) is 6.53. The Morgan fingerprint density at radius 3 is 2.57 bits per heavy atom. The fraction of sp³-hybridized carbons (Fsp3) is 0.125. The van der Waals surface area contributed by atoms with Crippen LogP contribution in [-0.4, -0.2) is 12.5 Å². The second-order valence-corrected chi connectivity index (χ2v) is 4.34. The van der Waals surface area contributed by atoms with Gasteiger partial charge in [0.25, 0.3) is 5.91 Å². The molecule has 4 nitrogen and oxygen atoms in total. The number of benzene rings is 2. The quantitative estimate of drug-likeness (QED) is 0.904. The highest BCUT2D eigenvalue weighted by Crippen LogP contribution is 2.21. The van der Waals surface area contributed by atoms with E-state index in [-0.39, 0.29) is 11.3 Å². The van der Waals surface area contributed by atoms with E-state index in [1.54, 1.807) is 30.3 Å². The number of nitrogens with zero attached hydrogens (tertiary/aromatic N) is 1. The van der Waals surface area contributed by atoms with Crippen molar-refractivity contribution in [1.82, 2.24) is 0 Å². The van der Waals surface area contributed by atoms with E-state index in [1.807, 2.05) is 13.0 Å². The van der Waals surface area contributed by atoms with Crippen LogP contribution in [0.25, 0.3) is 0 Å². The molecule has 0 aliphatic heterocycles. The number of carbonyl (C=O) groups is 1. The number of hydrogen-bond donors (Lipinski definition) is 2. The van der Waals surface area contributed by atoms with Gasteiger partial charge >= 0.3 is 0 Å². The molecule has 2 N–H and O–H groups in total. The molecule has 2 aromatic carbocycles. The van der Waals surface area contributed by atoms with Gasteiger partial charge in [-0.05, 0) is 43.3 Å². The summed E-state index contributed by atoms with van der Waals surface area (Å²) < 4.78 is 13.8. The minimum absolute atomic E-state index is 0.186. The van der Waals surface area contributed by atoms with Gasteiger partial charge in [0.15, 0.2) is 0 Å². The monoisotopic (exact) mass is 283 g/mol. The van der Waals surface area contributed by atoms with Crippen molar-refractivity contribution < 1.29 is 9.18 Å². The summed E-state index contributed by atoms with van der Waals surface area (Å²) in [5, 5.41) is 14.3. The summed E-state index contributed by atoms with van der Waals surface area (Å²) >= 11 is 0. The van der Waals surface area contributed by atoms with Crippen molar-refractivity contribution in [3.05, 3.63) is 59.4 Å². The van der Waals surface area contributed by atoms with Crippen molar-refractivity contribution in [1.29, 1.82) is 5.26 Å². The maximum Gasteiger partial charge on any atom is 0.257 e. The number of rotatable bonds is 4. The van der Waals surface area contributed by atoms with Crippen molar-refractivity contribution in [2.75, 3.05) is 17.2 Å². The fourth-order valence-corrected chi connectivity index (χ4v) is 1.90. The molecule has 0 spiro atoms. The molecule has 5 heteroatoms. The van der Waals surface area contributed by atoms with E-state index in [1.165, 1.54) is 12.1 Å². The van der Waals surface area contributed by atoms with E-state index in [2.05, 4.69) is 10.6 Å². The van der Waals surface area contributed by atoms with Crippen molar-refractivity contribution in [3.8, 4) is 6.07 Å². The van der Waals surface area contributed by atoms with Gasteiger partial charge in [0.1, 0.15) is 5.82 Å². The second-order valence-electron chi connectivity index (χ2n) is 4.34. The maximum absolute atomic E-state index is 13.8. The number of carbonyl (C=O) groups excluding carboxylic acids is 1. The average Bonchev–Trinajstić information content (AvgIpc) is 2.50. The highest BCUT2D eigenvalue weighted by atomic mass is 19.1. The van der Waals surface area contributed by atoms with Crippen LogP contribution in [0.4, 0.5) is 15.8 Å². The third kappa shape index (κ3) is 3.37. The molecule has 0 saturated carbocycles. The van der Waals surface area contributed by atoms with E-state index in [0.29, 0.717) is 17.8 Å². The first-order valence-electron chi connectivity index (χ1n) is 6.49. The number of hydrogen-bond acceptors (Lipinski definition) is 3. The van der Waals surface area contributed by atoms with Crippen LogP contribution in [0, 0.1) is 17.1 Å². The van der Waals surface area contributed by atoms with Gasteiger partial charge in [-0.3, -0.25) is 4.79 Å². The van der Waals surface area contributed by atoms with Gasteiger partial charge in [0.2, 0.25) is 0 Å². The minimum atomic E-state index is -0.468. The zero-order valence-electron chi connectivity index (χ0n) is 11.5. The Morgan fingerprint density at radius 1 is 1.24 bits per heavy atom. The molecule has 0 bridgehead atoms. The predicted molar refractivity (Wildman–Crippen MR) is 79.7 cm³/mol. The molecule has 0 radical (unpaired) electrons. The van der Waals surface area contributed by atoms with Gasteiger partial charge in [0, 0.05) is 12.2 Å². The Hall–Kier alpha value is -2.87. The van der Waals surface area contributed by atoms with Gasteiger partial charge in [0.05, 0.1) is 22.9 Å². The lowest BCUT2D eigenvalue weighted by atomic mass is 10.1. The zero-order chi connectivity index (χ0) is 15.2. The van der Waals surface area contributed by atoms with Gasteiger partial charge in [-0.15, -0.1) is 0 Å². The molecule has 0 aliphatic rings. The molecular weight excluding hydrogens is 269 g/mol. The highest BCUT2D eigenvalue weighted by molar-refractivity contribution is 6.08. The van der Waals surface area contributed by atoms with E-state index < -0.39 is 11.7 Å². The Bertz CT molecular complexity index is 690. The molecule has 1 amide bonds. The summed E-state index contributed by atoms with van der Waals surface area (Å²) in [6, 6.07) is 12.8. The lowest BCUT2D eigenvalue weighted by Crippen LogP contribution is -2.15. The Labute approximate surface area is 122 Å². The molecule has 0 atom stereocenters. The topological polar surface area (TPSA) is 64.9 Å². The first-order chi connectivity index (χ1) is 10.2. The largest absolute Gasteiger partial charge is 0.382 e. The Balaban J connectivity index is 2.24. The Morgan fingerprint density at radius 2 is 1.95 bits per heavy atom. The lowest BCUT2D eigenvalue weighted by molar-refractivity contribution is 0.102. The third-order valence-electron chi connectivity index (χ3n) is 2.88. The van der Waals surface area contributed by atoms with Gasteiger partial charge in [-0.1, -0.05) is 6.07 Å². The van der Waals surface area contributed by atoms with E-state index in [9.17, 15) is 9.18 Å². The molecule has 2 rings (SSSR count). The summed E-state index contributed by atoms with van der Waals surface area (Å²) in [6.45, 7) is 2.34. The summed E-state index contributed by atoms with van der Waals surface area (Å²) in [7, 11) is 0. The standard InChI is InChI=1S/C16H14FN3O/c1-2-19-15-13(4-3-5-14(15)17)16(21)20-12-8-6-11(10-18)7-9-12/h3-9,19H,2H2,1H3,(H,20,21). The summed E-state index contributed by atoms with van der Waals surface area (Å²) in [4.78, 5) is 12.2. The molecule has 0 fully saturated rings. The molecule has 0 unspecified atom stereocenters. The molecule has 106 valence electrons. The van der Waals surface area contributed by atoms with Crippen LogP contribution in [0.5, 0.6) is 0 Å². The smallest absolute Gasteiger partial charge is 0.257 e. The number of nitrogens with one attached hydrogen (secondary N) is 2. The van der Waals surface area contributed by atoms with Crippen LogP contribution in [0.3, 0.4) is 0 Å². The molecule has 2 aromatic rings. The molecule has 0 aromatic heterocycles. The van der Waals surface area contributed by atoms with Crippen LogP contribution in [0.1, 0.15) is 22.8 Å². The van der Waals surface area contributed by atoms with Crippen molar-refractivity contribution in [2.45, 2.75) is 6.92 Å². The third-order valence-corrected chi connectivity index (χ3v) is 2.88. The maximum atomic E-state index is 13.8. The SMILES string of the molecule is CCNc1c(F)cccc1C(=O)Nc1ccc(C#N)cc1. The van der Waals surface area contributed by atoms with Crippen molar-refractivity contribution in [2.24, 2.45) is 0 Å². The van der Waals surface area contributed by atoms with Crippen LogP contribution < -0.4 is 10.6 Å². The first kappa shape index (κ1) is 14.5. The Kier molecular flexibility index (Phi) is 4.52. The van der Waals surface area contributed by atoms with Gasteiger partial charge < -0.3 is 10.6 Å². The number of amides is 1. The van der Waals surface area contributed by atoms with Crippen LogP contribution in [0.2, 0.25) is 0 Å². The zero-order valence-corrected chi connectivity index (χ0v) is 11.5. The fourth-order valence-electron chi connectivity index (χ4n) is 1.90. The van der Waals surface area contributed by atoms with E-state index in [4.69, 9.17) is 5.26 Å². The molecular formula is C16H14FN3O. The normalized spacial score (nSPS) is 9.76. The summed E-state index contributed by atoms with van der Waals surface area (Å²) in [6.07, 6.45) is 0. The van der Waals surface area contributed by atoms with Crippen LogP contribution in [-0.2, 0) is 0 Å². The van der Waals surface area contributed by atoms with E-state index in [0.717, 1.165) is 0 Å². The summed E-state index contributed by atoms with van der Waals surface area (Å²) in [5.74, 6) is -0.875. The van der Waals surface area contributed by atoms with E-state index >= 15 is 0 Å². The first-order valence-corrected chi connectivity index (χ1v) is 6.49. The van der Waals surface area contributed by atoms with Crippen molar-refractivity contribution in [3.63, 3.8) is 0 Å². The van der Waals surface area contributed by atoms with Crippen molar-refractivity contribution >= 4 is 17.3 Å². The van der Waals surface area contributed by atoms with Crippen LogP contribution in [0.15, 0.2) is 42.5 Å². The summed E-state index contributed by atoms with van der Waals surface area (Å²) in [5.41, 5.74) is 1.48. The molecule has 0 aliphatic carbocycles. The molecule has 0 saturated heterocycles. The molecule has 0 heterocycles. The van der Waals surface area contributed by atoms with Gasteiger partial charge in [-0.2, -0.15) is 5.26 Å². The number of nitriles is 1. The number of halogens is 1. The number of para-hydroxylation sites is 1. The lowest BCUT2D eigenvalue weighted by Gasteiger charge is -2.12.